The SMILES string of the molecule is C=[N+]1[CH-]C=[N+](C)[C-]1[N+](=O)[O-]. The molecule has 54 valence electrons. The van der Waals surface area contributed by atoms with E-state index in [-0.39, 0.29) is 6.29 Å². The molecular formula is C5H7N3O2. The molecule has 0 fully saturated rings. The van der Waals surface area contributed by atoms with Crippen LogP contribution >= 0.6 is 0 Å². The molecule has 0 atom stereocenters. The van der Waals surface area contributed by atoms with Crippen molar-refractivity contribution in [1.82, 2.24) is 0 Å². The first kappa shape index (κ1) is 6.60. The molecule has 0 unspecified atom stereocenters. The molecule has 5 nitrogen and oxygen atoms in total. The van der Waals surface area contributed by atoms with Crippen LogP contribution in [0.3, 0.4) is 0 Å². The van der Waals surface area contributed by atoms with E-state index in [4.69, 9.17) is 0 Å². The van der Waals surface area contributed by atoms with Crippen molar-refractivity contribution in [2.45, 2.75) is 0 Å². The third-order valence-electron chi connectivity index (χ3n) is 1.21. The van der Waals surface area contributed by atoms with Gasteiger partial charge in [-0.2, -0.15) is 0 Å². The largest absolute Gasteiger partial charge is 0.541 e. The second-order valence-corrected chi connectivity index (χ2v) is 1.94. The number of nitro groups is 1. The van der Waals surface area contributed by atoms with E-state index in [2.05, 4.69) is 6.72 Å². The van der Waals surface area contributed by atoms with Crippen LogP contribution in [-0.4, -0.2) is 34.1 Å². The van der Waals surface area contributed by atoms with Gasteiger partial charge in [0.2, 0.25) is 0 Å². The average molecular weight is 141 g/mol. The molecule has 0 saturated heterocycles. The topological polar surface area (TPSA) is 49.2 Å². The number of hydrogen-bond donors (Lipinski definition) is 0. The van der Waals surface area contributed by atoms with E-state index in [9.17, 15) is 10.1 Å². The molecule has 0 saturated carbocycles. The van der Waals surface area contributed by atoms with Gasteiger partial charge in [0.05, 0.1) is 4.92 Å². The van der Waals surface area contributed by atoms with Gasteiger partial charge in [0.15, 0.2) is 0 Å². The lowest BCUT2D eigenvalue weighted by molar-refractivity contribution is -0.815. The van der Waals surface area contributed by atoms with Crippen LogP contribution in [-0.2, 0) is 0 Å². The van der Waals surface area contributed by atoms with Crippen molar-refractivity contribution in [3.8, 4) is 0 Å². The second kappa shape index (κ2) is 2.02. The van der Waals surface area contributed by atoms with Crippen molar-refractivity contribution in [2.75, 3.05) is 7.05 Å². The molecule has 10 heavy (non-hydrogen) atoms. The van der Waals surface area contributed by atoms with Gasteiger partial charge in [-0.05, 0) is 0 Å². The van der Waals surface area contributed by atoms with Gasteiger partial charge in [0.25, 0.3) is 0 Å². The highest BCUT2D eigenvalue weighted by molar-refractivity contribution is 5.61. The van der Waals surface area contributed by atoms with Gasteiger partial charge in [0.1, 0.15) is 13.3 Å². The number of rotatable bonds is 1. The predicted octanol–water partition coefficient (Wildman–Crippen LogP) is -0.688. The first-order chi connectivity index (χ1) is 4.63. The van der Waals surface area contributed by atoms with Gasteiger partial charge in [-0.3, -0.25) is 10.1 Å². The zero-order chi connectivity index (χ0) is 7.72. The van der Waals surface area contributed by atoms with Gasteiger partial charge in [-0.1, -0.05) is 6.72 Å². The van der Waals surface area contributed by atoms with Crippen molar-refractivity contribution < 1.29 is 14.1 Å². The van der Waals surface area contributed by atoms with E-state index in [1.165, 1.54) is 15.7 Å². The standard InChI is InChI=1S/C5H7N3O2/c1-6-3-4-7(2)5(6)8(9)10/h3-4H,1H2,2H3. The van der Waals surface area contributed by atoms with Crippen LogP contribution in [0.25, 0.3) is 0 Å². The zero-order valence-electron chi connectivity index (χ0n) is 5.52. The van der Waals surface area contributed by atoms with Crippen molar-refractivity contribution in [3.05, 3.63) is 22.9 Å². The first-order valence-corrected chi connectivity index (χ1v) is 2.65. The van der Waals surface area contributed by atoms with Crippen LogP contribution < -0.4 is 0 Å². The molecule has 0 aromatic carbocycles. The molecule has 0 amide bonds. The maximum Gasteiger partial charge on any atom is 0.541 e. The van der Waals surface area contributed by atoms with E-state index in [0.717, 1.165) is 0 Å². The van der Waals surface area contributed by atoms with Gasteiger partial charge in [-0.15, -0.1) is 0 Å². The van der Waals surface area contributed by atoms with Crippen molar-refractivity contribution in [1.29, 1.82) is 0 Å². The summed E-state index contributed by atoms with van der Waals surface area (Å²) in [7, 11) is 1.60. The predicted molar refractivity (Wildman–Crippen MR) is 34.2 cm³/mol. The van der Waals surface area contributed by atoms with E-state index in [0.29, 0.717) is 0 Å². The third kappa shape index (κ3) is 0.812. The number of nitrogens with zero attached hydrogens (tertiary/aromatic N) is 3. The van der Waals surface area contributed by atoms with Crippen molar-refractivity contribution >= 4 is 12.9 Å². The summed E-state index contributed by atoms with van der Waals surface area (Å²) < 4.78 is 2.60. The lowest BCUT2D eigenvalue weighted by Gasteiger charge is -2.04. The second-order valence-electron chi connectivity index (χ2n) is 1.94. The molecule has 0 aromatic rings. The summed E-state index contributed by atoms with van der Waals surface area (Å²) in [6.45, 7) is 4.94. The summed E-state index contributed by atoms with van der Waals surface area (Å²) in [6.07, 6.45) is 1.55. The van der Waals surface area contributed by atoms with Crippen LogP contribution in [0.1, 0.15) is 0 Å². The molecule has 5 heteroatoms. The fourth-order valence-corrected chi connectivity index (χ4v) is 0.750. The van der Waals surface area contributed by atoms with Gasteiger partial charge < -0.3 is 4.58 Å². The Morgan fingerprint density at radius 1 is 1.90 bits per heavy atom. The Morgan fingerprint density at radius 3 is 2.70 bits per heavy atom. The maximum atomic E-state index is 10.2. The summed E-state index contributed by atoms with van der Waals surface area (Å²) in [5.74, 6) is 0. The van der Waals surface area contributed by atoms with Crippen LogP contribution in [0.5, 0.6) is 0 Å². The van der Waals surface area contributed by atoms with E-state index < -0.39 is 4.92 Å². The highest BCUT2D eigenvalue weighted by atomic mass is 16.6. The first-order valence-electron chi connectivity index (χ1n) is 2.65. The summed E-state index contributed by atoms with van der Waals surface area (Å²) in [5.41, 5.74) is 0. The van der Waals surface area contributed by atoms with Gasteiger partial charge >= 0.3 is 6.29 Å². The van der Waals surface area contributed by atoms with Gasteiger partial charge in [0, 0.05) is 6.54 Å². The number of hydrogen-bond acceptors (Lipinski definition) is 2. The van der Waals surface area contributed by atoms with Crippen molar-refractivity contribution in [3.63, 3.8) is 0 Å². The molecule has 0 aromatic heterocycles. The molecular weight excluding hydrogens is 134 g/mol. The Morgan fingerprint density at radius 2 is 2.50 bits per heavy atom. The van der Waals surface area contributed by atoms with Crippen LogP contribution in [0.4, 0.5) is 0 Å². The Bertz CT molecular complexity index is 221. The Hall–Kier alpha value is -1.52. The van der Waals surface area contributed by atoms with E-state index >= 15 is 0 Å². The minimum Gasteiger partial charge on any atom is -0.365 e. The molecule has 0 radical (unpaired) electrons. The normalized spacial score (nSPS) is 16.7. The zero-order valence-corrected chi connectivity index (χ0v) is 5.52. The fraction of sp³-hybridized carbons (Fsp3) is 0.200. The molecule has 0 spiro atoms. The summed E-state index contributed by atoms with van der Waals surface area (Å²) >= 11 is 0. The lowest BCUT2D eigenvalue weighted by Crippen LogP contribution is -2.25. The Balaban J connectivity index is 2.84. The fourth-order valence-electron chi connectivity index (χ4n) is 0.750. The van der Waals surface area contributed by atoms with Crippen LogP contribution in [0.15, 0.2) is 0 Å². The van der Waals surface area contributed by atoms with Gasteiger partial charge in [-0.25, -0.2) is 4.58 Å². The monoisotopic (exact) mass is 141 g/mol. The van der Waals surface area contributed by atoms with E-state index in [1.54, 1.807) is 13.3 Å². The molecule has 1 rings (SSSR count). The highest BCUT2D eigenvalue weighted by Crippen LogP contribution is 2.08. The smallest absolute Gasteiger partial charge is 0.365 e. The lowest BCUT2D eigenvalue weighted by atomic mass is 10.7. The quantitative estimate of drug-likeness (QED) is 0.210. The molecule has 0 N–H and O–H groups in total. The highest BCUT2D eigenvalue weighted by Gasteiger charge is 2.33. The minimum atomic E-state index is -0.479. The molecule has 1 heterocycles. The molecule has 0 aliphatic carbocycles. The average Bonchev–Trinajstić information content (AvgIpc) is 2.11. The Kier molecular flexibility index (Phi) is 1.33. The molecule has 1 aliphatic heterocycles. The third-order valence-corrected chi connectivity index (χ3v) is 1.21. The molecule has 1 aliphatic rings. The van der Waals surface area contributed by atoms with Crippen LogP contribution in [0.2, 0.25) is 0 Å². The summed E-state index contributed by atoms with van der Waals surface area (Å²) in [5, 5.41) is 10.2. The van der Waals surface area contributed by atoms with Crippen LogP contribution in [0, 0.1) is 22.9 Å². The summed E-state index contributed by atoms with van der Waals surface area (Å²) in [4.78, 5) is 9.75. The Labute approximate surface area is 58.1 Å². The summed E-state index contributed by atoms with van der Waals surface area (Å²) in [6, 6.07) is 0. The van der Waals surface area contributed by atoms with Crippen molar-refractivity contribution in [2.24, 2.45) is 0 Å². The molecule has 0 bridgehead atoms. The van der Waals surface area contributed by atoms with E-state index in [1.807, 2.05) is 0 Å². The maximum absolute atomic E-state index is 10.2. The minimum absolute atomic E-state index is 0.0278.